The molecule has 1 aliphatic heterocycles. The lowest BCUT2D eigenvalue weighted by molar-refractivity contribution is -0.140. The van der Waals surface area contributed by atoms with Crippen LogP contribution in [-0.2, 0) is 25.6 Å². The smallest absolute Gasteiger partial charge is 0.306 e. The summed E-state index contributed by atoms with van der Waals surface area (Å²) in [7, 11) is 4.83. The number of hydrogen-bond acceptors (Lipinski definition) is 7. The summed E-state index contributed by atoms with van der Waals surface area (Å²) in [6.45, 7) is 2.60. The number of halogens is 2. The zero-order valence-electron chi connectivity index (χ0n) is 19.0. The molecule has 0 saturated heterocycles. The number of hydrogen-bond donors (Lipinski definition) is 0. The molecule has 1 aliphatic rings. The molecule has 6 nitrogen and oxygen atoms in total. The monoisotopic (exact) mass is 510 g/mol. The molecule has 0 fully saturated rings. The fourth-order valence-corrected chi connectivity index (χ4v) is 5.37. The van der Waals surface area contributed by atoms with Gasteiger partial charge in [0.2, 0.25) is 0 Å². The predicted molar refractivity (Wildman–Crippen MR) is 132 cm³/mol. The third-order valence-corrected chi connectivity index (χ3v) is 7.26. The first kappa shape index (κ1) is 25.8. The maximum absolute atomic E-state index is 11.6. The number of rotatable bonds is 9. The molecule has 0 saturated carbocycles. The maximum Gasteiger partial charge on any atom is 0.306 e. The molecule has 1 atom stereocenters. The van der Waals surface area contributed by atoms with Crippen LogP contribution in [-0.4, -0.2) is 62.0 Å². The zero-order chi connectivity index (χ0) is 24.0. The summed E-state index contributed by atoms with van der Waals surface area (Å²) in [4.78, 5) is 26.4. The average molecular weight is 511 g/mol. The summed E-state index contributed by atoms with van der Waals surface area (Å²) in [6.07, 6.45) is 0.491. The van der Waals surface area contributed by atoms with Crippen LogP contribution in [0.4, 0.5) is 0 Å². The summed E-state index contributed by atoms with van der Waals surface area (Å²) in [5.41, 5.74) is 3.47. The average Bonchev–Trinajstić information content (AvgIpc) is 2.80. The summed E-state index contributed by atoms with van der Waals surface area (Å²) in [5.74, 6) is -0.401. The minimum atomic E-state index is -0.286. The van der Waals surface area contributed by atoms with Crippen molar-refractivity contribution >= 4 is 47.1 Å². The lowest BCUT2D eigenvalue weighted by atomic mass is 9.85. The van der Waals surface area contributed by atoms with Crippen molar-refractivity contribution in [2.45, 2.75) is 30.2 Å². The van der Waals surface area contributed by atoms with Crippen molar-refractivity contribution in [1.82, 2.24) is 9.21 Å². The first-order chi connectivity index (χ1) is 15.8. The molecule has 0 bridgehead atoms. The van der Waals surface area contributed by atoms with E-state index >= 15 is 0 Å². The first-order valence-electron chi connectivity index (χ1n) is 10.6. The number of benzene rings is 2. The standard InChI is InChI=1S/C24H28Cl2N2O4S/c1-27-14-20(19-12-17(25)13-22(26)21(19)15-27)16-4-6-18(7-5-16)33-28(10-8-23(29)31-2)11-9-24(30)32-3/h4-7,12-13,20H,8-11,14-15H2,1-3H3. The SMILES string of the molecule is COC(=O)CCN(CCC(=O)OC)Sc1ccc(C2CN(C)Cc3c(Cl)cc(Cl)cc32)cc1. The minimum Gasteiger partial charge on any atom is -0.469 e. The van der Waals surface area contributed by atoms with Crippen molar-refractivity contribution in [3.05, 3.63) is 63.1 Å². The van der Waals surface area contributed by atoms with Gasteiger partial charge in [0.05, 0.1) is 27.1 Å². The Balaban J connectivity index is 1.75. The van der Waals surface area contributed by atoms with Crippen molar-refractivity contribution in [2.75, 3.05) is 40.9 Å². The van der Waals surface area contributed by atoms with E-state index in [4.69, 9.17) is 32.7 Å². The van der Waals surface area contributed by atoms with Gasteiger partial charge in [-0.1, -0.05) is 35.3 Å². The summed E-state index contributed by atoms with van der Waals surface area (Å²) in [6, 6.07) is 12.2. The number of fused-ring (bicyclic) bond motifs is 1. The number of carbonyl (C=O) groups is 2. The van der Waals surface area contributed by atoms with Gasteiger partial charge in [0.15, 0.2) is 0 Å². The van der Waals surface area contributed by atoms with Crippen LogP contribution in [0.1, 0.15) is 35.4 Å². The molecule has 0 N–H and O–H groups in total. The van der Waals surface area contributed by atoms with E-state index in [2.05, 4.69) is 36.2 Å². The Morgan fingerprint density at radius 3 is 2.24 bits per heavy atom. The summed E-state index contributed by atoms with van der Waals surface area (Å²) in [5, 5.41) is 1.35. The largest absolute Gasteiger partial charge is 0.469 e. The van der Waals surface area contributed by atoms with Gasteiger partial charge < -0.3 is 14.4 Å². The second kappa shape index (κ2) is 12.1. The van der Waals surface area contributed by atoms with Gasteiger partial charge in [0.1, 0.15) is 0 Å². The first-order valence-corrected chi connectivity index (χ1v) is 12.2. The van der Waals surface area contributed by atoms with Crippen molar-refractivity contribution in [2.24, 2.45) is 0 Å². The third-order valence-electron chi connectivity index (χ3n) is 5.60. The van der Waals surface area contributed by atoms with Crippen LogP contribution in [0, 0.1) is 0 Å². The number of carbonyl (C=O) groups excluding carboxylic acids is 2. The van der Waals surface area contributed by atoms with Gasteiger partial charge in [-0.05, 0) is 60.0 Å². The van der Waals surface area contributed by atoms with Crippen LogP contribution >= 0.6 is 35.1 Å². The molecule has 33 heavy (non-hydrogen) atoms. The highest BCUT2D eigenvalue weighted by atomic mass is 35.5. The van der Waals surface area contributed by atoms with E-state index in [1.54, 1.807) is 6.07 Å². The molecule has 9 heteroatoms. The molecular formula is C24H28Cl2N2O4S. The Bertz CT molecular complexity index is 967. The fraction of sp³-hybridized carbons (Fsp3) is 0.417. The highest BCUT2D eigenvalue weighted by molar-refractivity contribution is 7.97. The van der Waals surface area contributed by atoms with Crippen LogP contribution in [0.15, 0.2) is 41.3 Å². The number of nitrogens with zero attached hydrogens (tertiary/aromatic N) is 2. The van der Waals surface area contributed by atoms with Gasteiger partial charge in [-0.3, -0.25) is 9.59 Å². The predicted octanol–water partition coefficient (Wildman–Crippen LogP) is 5.01. The molecule has 2 aromatic carbocycles. The van der Waals surface area contributed by atoms with E-state index in [0.29, 0.717) is 23.1 Å². The zero-order valence-corrected chi connectivity index (χ0v) is 21.3. The molecule has 178 valence electrons. The van der Waals surface area contributed by atoms with Crippen molar-refractivity contribution in [3.8, 4) is 0 Å². The molecule has 0 radical (unpaired) electrons. The molecule has 1 unspecified atom stereocenters. The van der Waals surface area contributed by atoms with Crippen LogP contribution in [0.25, 0.3) is 0 Å². The van der Waals surface area contributed by atoms with E-state index in [1.807, 2.05) is 10.4 Å². The number of ether oxygens (including phenoxy) is 2. The molecule has 0 amide bonds. The molecule has 0 aliphatic carbocycles. The topological polar surface area (TPSA) is 59.1 Å². The lowest BCUT2D eigenvalue weighted by Crippen LogP contribution is -2.31. The van der Waals surface area contributed by atoms with E-state index in [0.717, 1.165) is 23.5 Å². The van der Waals surface area contributed by atoms with E-state index < -0.39 is 0 Å². The molecule has 1 heterocycles. The number of methoxy groups -OCH3 is 2. The minimum absolute atomic E-state index is 0.170. The van der Waals surface area contributed by atoms with E-state index in [9.17, 15) is 9.59 Å². The van der Waals surface area contributed by atoms with Gasteiger partial charge in [0, 0.05) is 47.0 Å². The second-order valence-corrected chi connectivity index (χ2v) is 9.96. The summed E-state index contributed by atoms with van der Waals surface area (Å²) >= 11 is 14.3. The quantitative estimate of drug-likeness (QED) is 0.347. The Morgan fingerprint density at radius 2 is 1.67 bits per heavy atom. The van der Waals surface area contributed by atoms with Crippen LogP contribution in [0.3, 0.4) is 0 Å². The maximum atomic E-state index is 11.6. The Morgan fingerprint density at radius 1 is 1.06 bits per heavy atom. The highest BCUT2D eigenvalue weighted by Crippen LogP contribution is 2.39. The fourth-order valence-electron chi connectivity index (χ4n) is 3.88. The van der Waals surface area contributed by atoms with Gasteiger partial charge in [0.25, 0.3) is 0 Å². The normalized spacial score (nSPS) is 15.9. The molecular weight excluding hydrogens is 483 g/mol. The van der Waals surface area contributed by atoms with Gasteiger partial charge in [-0.25, -0.2) is 4.31 Å². The molecule has 0 spiro atoms. The van der Waals surface area contributed by atoms with Gasteiger partial charge >= 0.3 is 11.9 Å². The van der Waals surface area contributed by atoms with E-state index in [-0.39, 0.29) is 30.7 Å². The molecule has 0 aromatic heterocycles. The van der Waals surface area contributed by atoms with Crippen LogP contribution < -0.4 is 0 Å². The van der Waals surface area contributed by atoms with Crippen molar-refractivity contribution < 1.29 is 19.1 Å². The lowest BCUT2D eigenvalue weighted by Gasteiger charge is -2.33. The van der Waals surface area contributed by atoms with E-state index in [1.165, 1.54) is 37.3 Å². The Kier molecular flexibility index (Phi) is 9.47. The van der Waals surface area contributed by atoms with Gasteiger partial charge in [-0.15, -0.1) is 0 Å². The van der Waals surface area contributed by atoms with Crippen LogP contribution in [0.2, 0.25) is 10.0 Å². The Hall–Kier alpha value is -1.77. The van der Waals surface area contributed by atoms with Crippen molar-refractivity contribution in [1.29, 1.82) is 0 Å². The second-order valence-electron chi connectivity index (χ2n) is 7.95. The van der Waals surface area contributed by atoms with Crippen molar-refractivity contribution in [3.63, 3.8) is 0 Å². The number of esters is 2. The number of likely N-dealkylation sites (N-methyl/N-ethyl adjacent to an activating group) is 1. The Labute approximate surface area is 209 Å². The van der Waals surface area contributed by atoms with Gasteiger partial charge in [-0.2, -0.15) is 0 Å². The van der Waals surface area contributed by atoms with Crippen LogP contribution in [0.5, 0.6) is 0 Å². The third kappa shape index (κ3) is 7.11. The highest BCUT2D eigenvalue weighted by Gasteiger charge is 2.27. The molecule has 3 rings (SSSR count). The molecule has 2 aromatic rings. The summed E-state index contributed by atoms with van der Waals surface area (Å²) < 4.78 is 11.5.